The lowest BCUT2D eigenvalue weighted by molar-refractivity contribution is -0.140. The topological polar surface area (TPSA) is 102 Å². The van der Waals surface area contributed by atoms with Crippen molar-refractivity contribution in [1.82, 2.24) is 0 Å². The first-order chi connectivity index (χ1) is 24.1. The van der Waals surface area contributed by atoms with Crippen LogP contribution in [-0.2, 0) is 21.9 Å². The number of hydrogen-bond acceptors (Lipinski definition) is 6. The number of halogens is 6. The smallest absolute Gasteiger partial charge is 0.416 e. The Bertz CT molecular complexity index is 1990. The fourth-order valence-electron chi connectivity index (χ4n) is 4.81. The lowest BCUT2D eigenvalue weighted by Crippen LogP contribution is -2.11. The molecule has 0 atom stereocenters. The molecule has 14 heteroatoms. The van der Waals surface area contributed by atoms with Gasteiger partial charge < -0.3 is 24.4 Å². The van der Waals surface area contributed by atoms with Gasteiger partial charge in [0.2, 0.25) is 0 Å². The molecule has 51 heavy (non-hydrogen) atoms. The minimum Gasteiger partial charge on any atom is -0.497 e. The van der Waals surface area contributed by atoms with Crippen LogP contribution in [0.4, 0.5) is 26.3 Å². The third kappa shape index (κ3) is 10.6. The molecule has 0 aliphatic rings. The first-order valence-corrected chi connectivity index (χ1v) is 16.0. The molecule has 5 aromatic carbocycles. The minimum absolute atomic E-state index is 0.0678. The molecule has 0 aliphatic heterocycles. The molecular weight excluding hydrogens is 702 g/mol. The van der Waals surface area contributed by atoms with Crippen LogP contribution >= 0.6 is 11.8 Å². The van der Waals surface area contributed by atoms with Crippen molar-refractivity contribution in [2.75, 3.05) is 26.1 Å². The van der Waals surface area contributed by atoms with E-state index in [0.29, 0.717) is 16.9 Å². The summed E-state index contributed by atoms with van der Waals surface area (Å²) in [5, 5.41) is 19.2. The molecular formula is C37H30F6O7S. The second kappa shape index (κ2) is 16.6. The van der Waals surface area contributed by atoms with Crippen molar-refractivity contribution in [3.63, 3.8) is 0 Å². The third-order valence-corrected chi connectivity index (χ3v) is 8.04. The maximum absolute atomic E-state index is 13.1. The highest BCUT2D eigenvalue weighted by atomic mass is 32.2. The Balaban J connectivity index is 0.000000230. The summed E-state index contributed by atoms with van der Waals surface area (Å²) < 4.78 is 93.7. The number of ether oxygens (including phenoxy) is 3. The Hall–Kier alpha value is -5.37. The van der Waals surface area contributed by atoms with Crippen molar-refractivity contribution >= 4 is 34.5 Å². The van der Waals surface area contributed by atoms with E-state index in [2.05, 4.69) is 0 Å². The van der Waals surface area contributed by atoms with E-state index in [0.717, 1.165) is 57.8 Å². The van der Waals surface area contributed by atoms with Gasteiger partial charge in [0.1, 0.15) is 17.2 Å². The summed E-state index contributed by atoms with van der Waals surface area (Å²) >= 11 is 1.62. The molecule has 0 unspecified atom stereocenters. The van der Waals surface area contributed by atoms with Gasteiger partial charge in [0.25, 0.3) is 0 Å². The van der Waals surface area contributed by atoms with Crippen LogP contribution in [0.3, 0.4) is 0 Å². The van der Waals surface area contributed by atoms with Crippen LogP contribution < -0.4 is 14.2 Å². The molecule has 0 spiro atoms. The van der Waals surface area contributed by atoms with Gasteiger partial charge in [-0.15, -0.1) is 11.8 Å². The summed E-state index contributed by atoms with van der Waals surface area (Å²) in [6, 6.07) is 23.5. The molecule has 0 radical (unpaired) electrons. The number of benzene rings is 5. The highest BCUT2D eigenvalue weighted by Crippen LogP contribution is 2.40. The molecule has 268 valence electrons. The summed E-state index contributed by atoms with van der Waals surface area (Å²) in [7, 11) is 1.55. The third-order valence-electron chi connectivity index (χ3n) is 7.15. The molecule has 0 fully saturated rings. The van der Waals surface area contributed by atoms with Gasteiger partial charge in [-0.05, 0) is 94.4 Å². The zero-order valence-electron chi connectivity index (χ0n) is 27.0. The predicted molar refractivity (Wildman–Crippen MR) is 180 cm³/mol. The van der Waals surface area contributed by atoms with Crippen LogP contribution in [0.25, 0.3) is 33.0 Å². The molecule has 5 rings (SSSR count). The van der Waals surface area contributed by atoms with Crippen LogP contribution in [-0.4, -0.2) is 48.2 Å². The van der Waals surface area contributed by atoms with Gasteiger partial charge in [-0.2, -0.15) is 26.3 Å². The quantitative estimate of drug-likeness (QED) is 0.102. The summed E-state index contributed by atoms with van der Waals surface area (Å²) in [4.78, 5) is 22.4. The number of alkyl halides is 6. The van der Waals surface area contributed by atoms with Crippen LogP contribution in [0, 0.1) is 0 Å². The zero-order valence-corrected chi connectivity index (χ0v) is 27.8. The highest BCUT2D eigenvalue weighted by Gasteiger charge is 2.32. The van der Waals surface area contributed by atoms with Crippen LogP contribution in [0.5, 0.6) is 17.2 Å². The maximum atomic E-state index is 13.1. The van der Waals surface area contributed by atoms with E-state index in [1.165, 1.54) is 0 Å². The summed E-state index contributed by atoms with van der Waals surface area (Å²) in [5.41, 5.74) is -0.258. The SMILES string of the molecule is CCSc1ccc(-c2cc(C(F)(F)F)ccc2OCC(=O)O)cc1.COc1ccc2cc(-c3cc(C(F)(F)F)ccc3OCC(=O)O)ccc2c1. The number of carboxylic acid groups (broad SMARTS) is 2. The summed E-state index contributed by atoms with van der Waals surface area (Å²) in [6.45, 7) is 0.731. The van der Waals surface area contributed by atoms with Crippen molar-refractivity contribution in [3.05, 3.63) is 108 Å². The fourth-order valence-corrected chi connectivity index (χ4v) is 5.47. The number of hydrogen-bond donors (Lipinski definition) is 2. The van der Waals surface area contributed by atoms with Crippen LogP contribution in [0.15, 0.2) is 102 Å². The second-order valence-corrected chi connectivity index (χ2v) is 12.0. The van der Waals surface area contributed by atoms with Gasteiger partial charge in [0.05, 0.1) is 18.2 Å². The Morgan fingerprint density at radius 1 is 0.627 bits per heavy atom. The Kier molecular flexibility index (Phi) is 12.5. The number of methoxy groups -OCH3 is 1. The van der Waals surface area contributed by atoms with E-state index >= 15 is 0 Å². The molecule has 5 aromatic rings. The average Bonchev–Trinajstić information content (AvgIpc) is 3.09. The zero-order chi connectivity index (χ0) is 37.3. The lowest BCUT2D eigenvalue weighted by Gasteiger charge is -2.15. The van der Waals surface area contributed by atoms with Gasteiger partial charge in [-0.1, -0.05) is 37.3 Å². The van der Waals surface area contributed by atoms with E-state index in [1.54, 1.807) is 61.3 Å². The van der Waals surface area contributed by atoms with Crippen molar-refractivity contribution in [1.29, 1.82) is 0 Å². The first-order valence-electron chi connectivity index (χ1n) is 15.0. The number of carbonyl (C=O) groups is 2. The van der Waals surface area contributed by atoms with Crippen LogP contribution in [0.2, 0.25) is 0 Å². The van der Waals surface area contributed by atoms with Gasteiger partial charge in [-0.25, -0.2) is 9.59 Å². The first kappa shape index (κ1) is 38.4. The van der Waals surface area contributed by atoms with Crippen molar-refractivity contribution in [3.8, 4) is 39.5 Å². The summed E-state index contributed by atoms with van der Waals surface area (Å²) in [6.07, 6.45) is -9.01. The Labute approximate surface area is 292 Å². The number of carboxylic acids is 2. The Morgan fingerprint density at radius 2 is 1.10 bits per heavy atom. The summed E-state index contributed by atoms with van der Waals surface area (Å²) in [5.74, 6) is -0.697. The molecule has 7 nitrogen and oxygen atoms in total. The second-order valence-electron chi connectivity index (χ2n) is 10.7. The highest BCUT2D eigenvalue weighted by molar-refractivity contribution is 7.99. The predicted octanol–water partition coefficient (Wildman–Crippen LogP) is 9.95. The number of rotatable bonds is 11. The molecule has 0 amide bonds. The van der Waals surface area contributed by atoms with E-state index in [1.807, 2.05) is 25.1 Å². The van der Waals surface area contributed by atoms with Crippen LogP contribution in [0.1, 0.15) is 18.1 Å². The van der Waals surface area contributed by atoms with E-state index in [4.69, 9.17) is 24.4 Å². The largest absolute Gasteiger partial charge is 0.497 e. The average molecular weight is 733 g/mol. The Morgan fingerprint density at radius 3 is 1.57 bits per heavy atom. The molecule has 0 heterocycles. The monoisotopic (exact) mass is 732 g/mol. The fraction of sp³-hybridized carbons (Fsp3) is 0.189. The van der Waals surface area contributed by atoms with Gasteiger partial charge in [0, 0.05) is 16.0 Å². The molecule has 0 aromatic heterocycles. The maximum Gasteiger partial charge on any atom is 0.416 e. The molecule has 0 saturated carbocycles. The number of aliphatic carboxylic acids is 2. The molecule has 0 aliphatic carbocycles. The molecule has 2 N–H and O–H groups in total. The number of fused-ring (bicyclic) bond motifs is 1. The standard InChI is InChI=1S/C20H15F3O4.C17H15F3O3S/c1-26-16-6-4-12-8-14(3-2-13(12)9-16)17-10-15(20(21,22)23)5-7-18(17)27-11-19(24)25;1-2-24-13-6-3-11(4-7-13)14-9-12(17(18,19)20)5-8-15(14)23-10-16(21)22/h2-10H,11H2,1H3,(H,24,25);3-9H,2,10H2,1H3,(H,21,22). The molecule has 0 saturated heterocycles. The number of thioether (sulfide) groups is 1. The molecule has 0 bridgehead atoms. The van der Waals surface area contributed by atoms with Crippen molar-refractivity contribution < 1.29 is 60.4 Å². The van der Waals surface area contributed by atoms with Crippen molar-refractivity contribution in [2.24, 2.45) is 0 Å². The van der Waals surface area contributed by atoms with Crippen molar-refractivity contribution in [2.45, 2.75) is 24.2 Å². The minimum atomic E-state index is -4.52. The van der Waals surface area contributed by atoms with E-state index in [9.17, 15) is 35.9 Å². The van der Waals surface area contributed by atoms with Gasteiger partial charge in [0.15, 0.2) is 13.2 Å². The normalized spacial score (nSPS) is 11.4. The van der Waals surface area contributed by atoms with E-state index < -0.39 is 48.6 Å². The van der Waals surface area contributed by atoms with E-state index in [-0.39, 0.29) is 22.6 Å². The van der Waals surface area contributed by atoms with Gasteiger partial charge in [-0.3, -0.25) is 0 Å². The van der Waals surface area contributed by atoms with Gasteiger partial charge >= 0.3 is 24.3 Å². The lowest BCUT2D eigenvalue weighted by atomic mass is 9.98.